The lowest BCUT2D eigenvalue weighted by Gasteiger charge is -2.21. The second-order valence-corrected chi connectivity index (χ2v) is 20.9. The summed E-state index contributed by atoms with van der Waals surface area (Å²) in [6.45, 7) is 31.1. The molecule has 2 aromatic heterocycles. The summed E-state index contributed by atoms with van der Waals surface area (Å²) in [6.07, 6.45) is 1.95. The average Bonchev–Trinajstić information content (AvgIpc) is 3.85. The third-order valence-electron chi connectivity index (χ3n) is 14.3. The van der Waals surface area contributed by atoms with Crippen LogP contribution in [0.4, 0.5) is 0 Å². The molecule has 0 radical (unpaired) electrons. The van der Waals surface area contributed by atoms with Crippen molar-refractivity contribution in [3.63, 3.8) is 0 Å². The van der Waals surface area contributed by atoms with Crippen LogP contribution in [0.25, 0.3) is 115 Å². The van der Waals surface area contributed by atoms with E-state index in [0.717, 1.165) is 98.8 Å². The van der Waals surface area contributed by atoms with Crippen LogP contribution in [0.1, 0.15) is 83.2 Å². The monoisotopic (exact) mass is 856 g/mol. The van der Waals surface area contributed by atoms with E-state index >= 15 is 0 Å². The van der Waals surface area contributed by atoms with Crippen molar-refractivity contribution < 1.29 is 8.83 Å². The molecule has 0 bridgehead atoms. The number of furan rings is 2. The molecule has 11 rings (SSSR count). The normalized spacial score (nSPS) is 13.1. The van der Waals surface area contributed by atoms with Gasteiger partial charge in [-0.2, -0.15) is 0 Å². The van der Waals surface area contributed by atoms with Gasteiger partial charge in [0.1, 0.15) is 22.3 Å². The molecule has 2 heteroatoms. The molecule has 0 atom stereocenters. The van der Waals surface area contributed by atoms with E-state index < -0.39 is 0 Å². The minimum Gasteiger partial charge on any atom is -0.455 e. The SMILES string of the molecule is C=CC(C)=C(C(=C)C)c1cc2c3oc4cc(-c5ccc(C(C)(C)C)cc5)ccc4c3cc3c(-c4c(C)cccc4C)cc4c5oc6cc(-c7ccc(C(C)(C)C)cc7)ccc6c5cc1c4c32. The number of hydrogen-bond donors (Lipinski definition) is 0. The van der Waals surface area contributed by atoms with Crippen LogP contribution < -0.4 is 0 Å². The van der Waals surface area contributed by atoms with Crippen LogP contribution in [0.15, 0.2) is 167 Å². The highest BCUT2D eigenvalue weighted by molar-refractivity contribution is 6.38. The molecule has 0 fully saturated rings. The standard InChI is InChI=1S/C64H56O2/c1-13-36(4)57(35(2)3)47-33-53-60-50(32-52-46-28-22-42(30-56(46)65-61(52)53)40-19-25-44(26-20-40)64(10,11)12)48(58-37(5)15-14-16-38(58)6)34-54-59(60)49(47)31-51-45-27-21-41(29-55(45)66-62(51)54)39-17-23-43(24-18-39)63(7,8)9/h13-34H,1-2H2,3-12H3. The maximum atomic E-state index is 7.16. The summed E-state index contributed by atoms with van der Waals surface area (Å²) in [6, 6.07) is 47.5. The first-order valence-electron chi connectivity index (χ1n) is 23.3. The number of fused-ring (bicyclic) bond motifs is 8. The fourth-order valence-electron chi connectivity index (χ4n) is 10.8. The van der Waals surface area contributed by atoms with Crippen molar-refractivity contribution in [2.75, 3.05) is 0 Å². The van der Waals surface area contributed by atoms with Gasteiger partial charge >= 0.3 is 0 Å². The van der Waals surface area contributed by atoms with Gasteiger partial charge in [-0.3, -0.25) is 0 Å². The molecule has 2 heterocycles. The Kier molecular flexibility index (Phi) is 9.24. The molecule has 0 aliphatic rings. The summed E-state index contributed by atoms with van der Waals surface area (Å²) in [5.74, 6) is 0. The van der Waals surface area contributed by atoms with Gasteiger partial charge in [0.25, 0.3) is 0 Å². The predicted molar refractivity (Wildman–Crippen MR) is 285 cm³/mol. The topological polar surface area (TPSA) is 26.3 Å². The van der Waals surface area contributed by atoms with Crippen molar-refractivity contribution in [3.8, 4) is 33.4 Å². The molecular formula is C64H56O2. The van der Waals surface area contributed by atoms with Crippen molar-refractivity contribution >= 4 is 81.8 Å². The lowest BCUT2D eigenvalue weighted by Crippen LogP contribution is -2.10. The minimum absolute atomic E-state index is 0.0825. The van der Waals surface area contributed by atoms with E-state index in [1.165, 1.54) is 55.3 Å². The maximum absolute atomic E-state index is 7.16. The Bertz CT molecular complexity index is 3780. The Morgan fingerprint density at radius 2 is 0.939 bits per heavy atom. The Morgan fingerprint density at radius 1 is 0.485 bits per heavy atom. The van der Waals surface area contributed by atoms with Gasteiger partial charge in [-0.05, 0) is 170 Å². The van der Waals surface area contributed by atoms with E-state index in [0.29, 0.717) is 0 Å². The highest BCUT2D eigenvalue weighted by atomic mass is 16.3. The van der Waals surface area contributed by atoms with Crippen LogP contribution in [-0.4, -0.2) is 0 Å². The summed E-state index contributed by atoms with van der Waals surface area (Å²) in [4.78, 5) is 0. The Morgan fingerprint density at radius 3 is 1.41 bits per heavy atom. The third-order valence-corrected chi connectivity index (χ3v) is 14.3. The van der Waals surface area contributed by atoms with Crippen LogP contribution >= 0.6 is 0 Å². The van der Waals surface area contributed by atoms with Crippen molar-refractivity contribution in [2.45, 2.75) is 80.1 Å². The van der Waals surface area contributed by atoms with E-state index in [1.54, 1.807) is 0 Å². The average molecular weight is 857 g/mol. The molecule has 2 nitrogen and oxygen atoms in total. The van der Waals surface area contributed by atoms with Crippen molar-refractivity contribution in [1.29, 1.82) is 0 Å². The number of hydrogen-bond acceptors (Lipinski definition) is 2. The van der Waals surface area contributed by atoms with Crippen LogP contribution in [0, 0.1) is 13.8 Å². The first-order valence-corrected chi connectivity index (χ1v) is 23.3. The first kappa shape index (κ1) is 41.5. The van der Waals surface area contributed by atoms with Gasteiger partial charge in [0.15, 0.2) is 0 Å². The summed E-state index contributed by atoms with van der Waals surface area (Å²) in [5.41, 5.74) is 20.1. The zero-order valence-corrected chi connectivity index (χ0v) is 39.9. The molecule has 0 saturated heterocycles. The molecule has 0 amide bonds. The number of rotatable bonds is 6. The molecule has 0 unspecified atom stereocenters. The van der Waals surface area contributed by atoms with E-state index in [4.69, 9.17) is 8.83 Å². The number of allylic oxidation sites excluding steroid dienone is 4. The summed E-state index contributed by atoms with van der Waals surface area (Å²) < 4.78 is 14.3. The molecule has 66 heavy (non-hydrogen) atoms. The molecule has 0 saturated carbocycles. The highest BCUT2D eigenvalue weighted by Crippen LogP contribution is 2.52. The quantitative estimate of drug-likeness (QED) is 0.123. The predicted octanol–water partition coefficient (Wildman–Crippen LogP) is 19.1. The van der Waals surface area contributed by atoms with Gasteiger partial charge in [-0.15, -0.1) is 0 Å². The molecule has 0 N–H and O–H groups in total. The minimum atomic E-state index is 0.0825. The van der Waals surface area contributed by atoms with Crippen LogP contribution in [0.5, 0.6) is 0 Å². The third kappa shape index (κ3) is 6.37. The lowest BCUT2D eigenvalue weighted by molar-refractivity contribution is 0.590. The second-order valence-electron chi connectivity index (χ2n) is 20.9. The molecule has 324 valence electrons. The number of benzene rings is 9. The van der Waals surface area contributed by atoms with E-state index in [9.17, 15) is 0 Å². The molecule has 9 aromatic carbocycles. The summed E-state index contributed by atoms with van der Waals surface area (Å²) in [7, 11) is 0. The molecule has 0 aliphatic heterocycles. The zero-order valence-electron chi connectivity index (χ0n) is 39.9. The van der Waals surface area contributed by atoms with Gasteiger partial charge in [0, 0.05) is 43.1 Å². The smallest absolute Gasteiger partial charge is 0.143 e. The molecule has 11 aromatic rings. The van der Waals surface area contributed by atoms with Crippen LogP contribution in [0.3, 0.4) is 0 Å². The highest BCUT2D eigenvalue weighted by Gasteiger charge is 2.27. The first-order chi connectivity index (χ1) is 31.5. The van der Waals surface area contributed by atoms with Crippen LogP contribution in [0.2, 0.25) is 0 Å². The maximum Gasteiger partial charge on any atom is 0.143 e. The van der Waals surface area contributed by atoms with Gasteiger partial charge in [-0.1, -0.05) is 145 Å². The summed E-state index contributed by atoms with van der Waals surface area (Å²) >= 11 is 0. The molecular weight excluding hydrogens is 801 g/mol. The van der Waals surface area contributed by atoms with E-state index in [1.807, 2.05) is 6.08 Å². The Hall–Kier alpha value is -7.16. The molecule has 0 aliphatic carbocycles. The van der Waals surface area contributed by atoms with Gasteiger partial charge in [0.2, 0.25) is 0 Å². The summed E-state index contributed by atoms with van der Waals surface area (Å²) in [5, 5.41) is 11.2. The van der Waals surface area contributed by atoms with Gasteiger partial charge < -0.3 is 8.83 Å². The van der Waals surface area contributed by atoms with Gasteiger partial charge in [-0.25, -0.2) is 0 Å². The van der Waals surface area contributed by atoms with Crippen molar-refractivity contribution in [1.82, 2.24) is 0 Å². The Balaban J connectivity index is 1.27. The Labute approximate surface area is 387 Å². The van der Waals surface area contributed by atoms with Crippen molar-refractivity contribution in [2.24, 2.45) is 0 Å². The van der Waals surface area contributed by atoms with E-state index in [2.05, 4.69) is 210 Å². The zero-order chi connectivity index (χ0) is 46.1. The fraction of sp³-hybridized carbons (Fsp3) is 0.188. The van der Waals surface area contributed by atoms with Crippen molar-refractivity contribution in [3.05, 3.63) is 186 Å². The lowest BCUT2D eigenvalue weighted by atomic mass is 9.81. The largest absolute Gasteiger partial charge is 0.455 e. The molecule has 0 spiro atoms. The van der Waals surface area contributed by atoms with E-state index in [-0.39, 0.29) is 10.8 Å². The second kappa shape index (κ2) is 14.7. The fourth-order valence-corrected chi connectivity index (χ4v) is 10.8. The van der Waals surface area contributed by atoms with Gasteiger partial charge in [0.05, 0.1) is 0 Å². The van der Waals surface area contributed by atoms with Crippen LogP contribution in [-0.2, 0) is 10.8 Å². The number of aryl methyl sites for hydroxylation is 2.